The summed E-state index contributed by atoms with van der Waals surface area (Å²) in [4.78, 5) is 26.0. The second-order valence-corrected chi connectivity index (χ2v) is 9.27. The highest BCUT2D eigenvalue weighted by Gasteiger charge is 2.41. The minimum absolute atomic E-state index is 0.0511. The molecule has 0 aromatic heterocycles. The molecule has 1 fully saturated rings. The first-order valence-electron chi connectivity index (χ1n) is 11.7. The summed E-state index contributed by atoms with van der Waals surface area (Å²) in [5.74, 6) is -0.0352. The van der Waals surface area contributed by atoms with Gasteiger partial charge in [0.1, 0.15) is 0 Å². The normalized spacial score (nSPS) is 16.3. The van der Waals surface area contributed by atoms with E-state index in [0.717, 1.165) is 16.7 Å². The van der Waals surface area contributed by atoms with E-state index in [1.807, 2.05) is 57.2 Å². The second-order valence-electron chi connectivity index (χ2n) is 9.27. The van der Waals surface area contributed by atoms with Gasteiger partial charge in [0.2, 0.25) is 5.91 Å². The van der Waals surface area contributed by atoms with Gasteiger partial charge in [0.05, 0.1) is 12.0 Å². The molecule has 0 bridgehead atoms. The van der Waals surface area contributed by atoms with Crippen LogP contribution in [0.1, 0.15) is 49.5 Å². The van der Waals surface area contributed by atoms with Gasteiger partial charge in [-0.3, -0.25) is 9.59 Å². The predicted octanol–water partition coefficient (Wildman–Crippen LogP) is 3.98. The summed E-state index contributed by atoms with van der Waals surface area (Å²) in [5.41, 5.74) is 3.19. The maximum atomic E-state index is 13.4. The molecule has 6 nitrogen and oxygen atoms in total. The molecule has 2 aromatic rings. The van der Waals surface area contributed by atoms with Crippen LogP contribution in [0.5, 0.6) is 0 Å². The van der Waals surface area contributed by atoms with Gasteiger partial charge in [-0.05, 0) is 68.9 Å². The monoisotopic (exact) mass is 452 g/mol. The van der Waals surface area contributed by atoms with Gasteiger partial charge in [0.25, 0.3) is 5.91 Å². The van der Waals surface area contributed by atoms with Crippen LogP contribution in [0.15, 0.2) is 48.5 Å². The van der Waals surface area contributed by atoms with E-state index in [4.69, 9.17) is 9.47 Å². The van der Waals surface area contributed by atoms with E-state index in [1.54, 1.807) is 7.11 Å². The third-order valence-electron chi connectivity index (χ3n) is 6.13. The lowest BCUT2D eigenvalue weighted by molar-refractivity contribution is -0.137. The number of rotatable bonds is 9. The summed E-state index contributed by atoms with van der Waals surface area (Å²) in [6, 6.07) is 15.8. The van der Waals surface area contributed by atoms with Gasteiger partial charge in [-0.15, -0.1) is 0 Å². The standard InChI is InChI=1S/C27H36N2O4/c1-19(2)28-25(30)22-10-7-9-21(16-22)24-11-6-5-8-23(24)17-27(12-14-33-15-13-27)26(31)29-20(3)18-32-4/h5-11,16,19-20H,12-15,17-18H2,1-4H3,(H,28,30)(H,29,31)/t20-/m0/s1. The number of ether oxygens (including phenoxy) is 2. The third-order valence-corrected chi connectivity index (χ3v) is 6.13. The van der Waals surface area contributed by atoms with E-state index in [0.29, 0.717) is 44.6 Å². The van der Waals surface area contributed by atoms with Crippen LogP contribution < -0.4 is 10.6 Å². The number of hydrogen-bond donors (Lipinski definition) is 2. The molecule has 0 aliphatic carbocycles. The van der Waals surface area contributed by atoms with Gasteiger partial charge in [0.15, 0.2) is 0 Å². The molecule has 0 saturated carbocycles. The van der Waals surface area contributed by atoms with Crippen LogP contribution in [-0.2, 0) is 20.7 Å². The fraction of sp³-hybridized carbons (Fsp3) is 0.481. The van der Waals surface area contributed by atoms with Crippen molar-refractivity contribution in [1.82, 2.24) is 10.6 Å². The Balaban J connectivity index is 1.91. The van der Waals surface area contributed by atoms with Crippen molar-refractivity contribution in [2.75, 3.05) is 26.9 Å². The van der Waals surface area contributed by atoms with Crippen molar-refractivity contribution in [3.05, 3.63) is 59.7 Å². The zero-order chi connectivity index (χ0) is 23.8. The number of benzene rings is 2. The Hall–Kier alpha value is -2.70. The largest absolute Gasteiger partial charge is 0.383 e. The molecule has 0 radical (unpaired) electrons. The van der Waals surface area contributed by atoms with Crippen LogP contribution in [0.4, 0.5) is 0 Å². The Kier molecular flexibility index (Phi) is 8.64. The van der Waals surface area contributed by atoms with E-state index in [9.17, 15) is 9.59 Å². The molecule has 0 unspecified atom stereocenters. The maximum absolute atomic E-state index is 13.4. The quantitative estimate of drug-likeness (QED) is 0.603. The first kappa shape index (κ1) is 24.9. The molecule has 1 heterocycles. The predicted molar refractivity (Wildman–Crippen MR) is 130 cm³/mol. The number of methoxy groups -OCH3 is 1. The summed E-state index contributed by atoms with van der Waals surface area (Å²) in [5, 5.41) is 6.09. The number of nitrogens with one attached hydrogen (secondary N) is 2. The molecule has 0 spiro atoms. The molecule has 178 valence electrons. The SMILES string of the molecule is COC[C@H](C)NC(=O)C1(Cc2ccccc2-c2cccc(C(=O)NC(C)C)c2)CCOCC1. The van der Waals surface area contributed by atoms with Crippen LogP contribution in [0.25, 0.3) is 11.1 Å². The number of carbonyl (C=O) groups is 2. The molecule has 2 amide bonds. The second kappa shape index (κ2) is 11.4. The first-order valence-corrected chi connectivity index (χ1v) is 11.7. The molecule has 1 saturated heterocycles. The number of hydrogen-bond acceptors (Lipinski definition) is 4. The highest BCUT2D eigenvalue weighted by molar-refractivity contribution is 5.95. The lowest BCUT2D eigenvalue weighted by Crippen LogP contribution is -2.49. The first-order chi connectivity index (χ1) is 15.8. The fourth-order valence-electron chi connectivity index (χ4n) is 4.41. The third kappa shape index (κ3) is 6.42. The van der Waals surface area contributed by atoms with Gasteiger partial charge in [-0.25, -0.2) is 0 Å². The summed E-state index contributed by atoms with van der Waals surface area (Å²) in [6.07, 6.45) is 1.95. The van der Waals surface area contributed by atoms with E-state index in [1.165, 1.54) is 0 Å². The maximum Gasteiger partial charge on any atom is 0.251 e. The highest BCUT2D eigenvalue weighted by Crippen LogP contribution is 2.38. The van der Waals surface area contributed by atoms with Crippen LogP contribution in [-0.4, -0.2) is 50.8 Å². The molecule has 3 rings (SSSR count). The summed E-state index contributed by atoms with van der Waals surface area (Å²) in [6.45, 7) is 7.46. The Bertz CT molecular complexity index is 951. The molecular formula is C27H36N2O4. The molecule has 1 aliphatic rings. The average molecular weight is 453 g/mol. The van der Waals surface area contributed by atoms with Crippen molar-refractivity contribution in [2.24, 2.45) is 5.41 Å². The van der Waals surface area contributed by atoms with Crippen LogP contribution in [0.2, 0.25) is 0 Å². The summed E-state index contributed by atoms with van der Waals surface area (Å²) < 4.78 is 10.8. The Morgan fingerprint density at radius 3 is 2.45 bits per heavy atom. The van der Waals surface area contributed by atoms with Crippen molar-refractivity contribution < 1.29 is 19.1 Å². The fourth-order valence-corrected chi connectivity index (χ4v) is 4.41. The zero-order valence-corrected chi connectivity index (χ0v) is 20.1. The lowest BCUT2D eigenvalue weighted by Gasteiger charge is -2.37. The zero-order valence-electron chi connectivity index (χ0n) is 20.1. The van der Waals surface area contributed by atoms with Gasteiger partial charge < -0.3 is 20.1 Å². The highest BCUT2D eigenvalue weighted by atomic mass is 16.5. The minimum atomic E-state index is -0.539. The van der Waals surface area contributed by atoms with Crippen molar-refractivity contribution in [3.8, 4) is 11.1 Å². The smallest absolute Gasteiger partial charge is 0.251 e. The Morgan fingerprint density at radius 2 is 1.76 bits per heavy atom. The molecule has 6 heteroatoms. The van der Waals surface area contributed by atoms with Crippen molar-refractivity contribution in [2.45, 2.75) is 52.1 Å². The van der Waals surface area contributed by atoms with Gasteiger partial charge >= 0.3 is 0 Å². The molecule has 2 aromatic carbocycles. The molecular weight excluding hydrogens is 416 g/mol. The van der Waals surface area contributed by atoms with E-state index < -0.39 is 5.41 Å². The van der Waals surface area contributed by atoms with Crippen molar-refractivity contribution in [3.63, 3.8) is 0 Å². The Morgan fingerprint density at radius 1 is 1.03 bits per heavy atom. The van der Waals surface area contributed by atoms with Gasteiger partial charge in [-0.2, -0.15) is 0 Å². The molecule has 1 atom stereocenters. The Labute approximate surface area is 197 Å². The molecule has 2 N–H and O–H groups in total. The lowest BCUT2D eigenvalue weighted by atomic mass is 9.73. The molecule has 33 heavy (non-hydrogen) atoms. The van der Waals surface area contributed by atoms with E-state index >= 15 is 0 Å². The summed E-state index contributed by atoms with van der Waals surface area (Å²) in [7, 11) is 1.64. The minimum Gasteiger partial charge on any atom is -0.383 e. The van der Waals surface area contributed by atoms with Gasteiger partial charge in [0, 0.05) is 38.0 Å². The van der Waals surface area contributed by atoms with Crippen molar-refractivity contribution >= 4 is 11.8 Å². The van der Waals surface area contributed by atoms with E-state index in [2.05, 4.69) is 22.8 Å². The van der Waals surface area contributed by atoms with E-state index in [-0.39, 0.29) is 23.9 Å². The topological polar surface area (TPSA) is 76.7 Å². The number of carbonyl (C=O) groups excluding carboxylic acids is 2. The van der Waals surface area contributed by atoms with Crippen LogP contribution in [0, 0.1) is 5.41 Å². The average Bonchev–Trinajstić information content (AvgIpc) is 2.80. The van der Waals surface area contributed by atoms with Crippen molar-refractivity contribution in [1.29, 1.82) is 0 Å². The summed E-state index contributed by atoms with van der Waals surface area (Å²) >= 11 is 0. The molecule has 1 aliphatic heterocycles. The number of amides is 2. The van der Waals surface area contributed by atoms with Gasteiger partial charge in [-0.1, -0.05) is 36.4 Å². The van der Waals surface area contributed by atoms with Crippen LogP contribution >= 0.6 is 0 Å². The van der Waals surface area contributed by atoms with Crippen LogP contribution in [0.3, 0.4) is 0 Å².